The SMILES string of the molecule is CSc1nc(C)cc(N2CCCC(NC(=O)C(C)(C)C)C2)n1. The van der Waals surface area contributed by atoms with E-state index in [-0.39, 0.29) is 17.4 Å². The number of aromatic nitrogens is 2. The molecule has 1 aliphatic rings. The Kier molecular flexibility index (Phi) is 5.32. The van der Waals surface area contributed by atoms with Crippen molar-refractivity contribution in [2.75, 3.05) is 24.2 Å². The standard InChI is InChI=1S/C16H26N4OS/c1-11-9-13(19-15(17-11)22-5)20-8-6-7-12(10-20)18-14(21)16(2,3)4/h9,12H,6-8,10H2,1-5H3,(H,18,21). The van der Waals surface area contributed by atoms with Gasteiger partial charge in [0.15, 0.2) is 5.16 Å². The van der Waals surface area contributed by atoms with Gasteiger partial charge in [0.2, 0.25) is 5.91 Å². The van der Waals surface area contributed by atoms with Gasteiger partial charge in [-0.2, -0.15) is 0 Å². The molecule has 0 radical (unpaired) electrons. The number of amides is 1. The van der Waals surface area contributed by atoms with E-state index in [1.54, 1.807) is 11.8 Å². The smallest absolute Gasteiger partial charge is 0.225 e. The average molecular weight is 322 g/mol. The highest BCUT2D eigenvalue weighted by molar-refractivity contribution is 7.98. The number of nitrogens with one attached hydrogen (secondary N) is 1. The average Bonchev–Trinajstić information content (AvgIpc) is 2.46. The van der Waals surface area contributed by atoms with Crippen molar-refractivity contribution >= 4 is 23.5 Å². The molecule has 1 aromatic heterocycles. The topological polar surface area (TPSA) is 58.1 Å². The maximum absolute atomic E-state index is 12.2. The maximum atomic E-state index is 12.2. The first-order valence-corrected chi connectivity index (χ1v) is 8.97. The number of aryl methyl sites for hydroxylation is 1. The second kappa shape index (κ2) is 6.86. The molecular weight excluding hydrogens is 296 g/mol. The van der Waals surface area contributed by atoms with Crippen molar-refractivity contribution < 1.29 is 4.79 Å². The van der Waals surface area contributed by atoms with Crippen molar-refractivity contribution in [2.24, 2.45) is 5.41 Å². The van der Waals surface area contributed by atoms with E-state index in [1.165, 1.54) is 0 Å². The molecule has 2 rings (SSSR count). The molecule has 0 aromatic carbocycles. The molecule has 22 heavy (non-hydrogen) atoms. The van der Waals surface area contributed by atoms with E-state index < -0.39 is 0 Å². The largest absolute Gasteiger partial charge is 0.354 e. The predicted octanol–water partition coefficient (Wildman–Crippen LogP) is 2.64. The highest BCUT2D eigenvalue weighted by atomic mass is 32.2. The summed E-state index contributed by atoms with van der Waals surface area (Å²) in [6.45, 7) is 9.62. The molecule has 122 valence electrons. The van der Waals surface area contributed by atoms with Gasteiger partial charge in [0.25, 0.3) is 0 Å². The number of carbonyl (C=O) groups is 1. The van der Waals surface area contributed by atoms with Crippen LogP contribution in [0.25, 0.3) is 0 Å². The Morgan fingerprint density at radius 3 is 2.77 bits per heavy atom. The minimum atomic E-state index is -0.347. The van der Waals surface area contributed by atoms with Crippen LogP contribution in [0, 0.1) is 12.3 Å². The Labute approximate surface area is 137 Å². The fourth-order valence-electron chi connectivity index (χ4n) is 2.48. The lowest BCUT2D eigenvalue weighted by atomic mass is 9.94. The van der Waals surface area contributed by atoms with Gasteiger partial charge in [0.05, 0.1) is 0 Å². The summed E-state index contributed by atoms with van der Waals surface area (Å²) in [7, 11) is 0. The van der Waals surface area contributed by atoms with Gasteiger partial charge in [0.1, 0.15) is 5.82 Å². The van der Waals surface area contributed by atoms with Crippen LogP contribution in [-0.2, 0) is 4.79 Å². The molecule has 1 unspecified atom stereocenters. The summed E-state index contributed by atoms with van der Waals surface area (Å²) in [4.78, 5) is 23.4. The van der Waals surface area contributed by atoms with Crippen LogP contribution in [0.5, 0.6) is 0 Å². The van der Waals surface area contributed by atoms with Gasteiger partial charge in [-0.25, -0.2) is 9.97 Å². The van der Waals surface area contributed by atoms with Gasteiger partial charge in [-0.1, -0.05) is 32.5 Å². The highest BCUT2D eigenvalue weighted by Crippen LogP contribution is 2.22. The van der Waals surface area contributed by atoms with E-state index in [2.05, 4.69) is 20.2 Å². The monoisotopic (exact) mass is 322 g/mol. The van der Waals surface area contributed by atoms with Crippen LogP contribution in [0.3, 0.4) is 0 Å². The summed E-state index contributed by atoms with van der Waals surface area (Å²) in [5.74, 6) is 1.08. The number of thioether (sulfide) groups is 1. The lowest BCUT2D eigenvalue weighted by Crippen LogP contribution is -2.50. The first-order chi connectivity index (χ1) is 10.3. The first kappa shape index (κ1) is 17.1. The first-order valence-electron chi connectivity index (χ1n) is 7.75. The van der Waals surface area contributed by atoms with Crippen molar-refractivity contribution in [1.29, 1.82) is 0 Å². The lowest BCUT2D eigenvalue weighted by Gasteiger charge is -2.35. The molecule has 1 N–H and O–H groups in total. The van der Waals surface area contributed by atoms with Crippen LogP contribution in [0.1, 0.15) is 39.3 Å². The van der Waals surface area contributed by atoms with Crippen molar-refractivity contribution in [3.63, 3.8) is 0 Å². The molecule has 2 heterocycles. The summed E-state index contributed by atoms with van der Waals surface area (Å²) in [5.41, 5.74) is 0.634. The van der Waals surface area contributed by atoms with E-state index in [0.29, 0.717) is 0 Å². The van der Waals surface area contributed by atoms with Crippen LogP contribution in [0.2, 0.25) is 0 Å². The number of anilines is 1. The minimum Gasteiger partial charge on any atom is -0.354 e. The fraction of sp³-hybridized carbons (Fsp3) is 0.688. The molecule has 1 saturated heterocycles. The molecule has 0 saturated carbocycles. The summed E-state index contributed by atoms with van der Waals surface area (Å²) in [6, 6.07) is 2.21. The van der Waals surface area contributed by atoms with Gasteiger partial charge in [-0.3, -0.25) is 4.79 Å². The Balaban J connectivity index is 2.07. The number of hydrogen-bond donors (Lipinski definition) is 1. The van der Waals surface area contributed by atoms with Crippen molar-refractivity contribution in [2.45, 2.75) is 51.7 Å². The molecule has 1 amide bonds. The number of carbonyl (C=O) groups excluding carboxylic acids is 1. The van der Waals surface area contributed by atoms with Crippen LogP contribution in [0.4, 0.5) is 5.82 Å². The van der Waals surface area contributed by atoms with Gasteiger partial charge < -0.3 is 10.2 Å². The summed E-state index contributed by atoms with van der Waals surface area (Å²) < 4.78 is 0. The molecule has 0 bridgehead atoms. The van der Waals surface area contributed by atoms with Crippen LogP contribution in [0.15, 0.2) is 11.2 Å². The number of hydrogen-bond acceptors (Lipinski definition) is 5. The van der Waals surface area contributed by atoms with E-state index in [4.69, 9.17) is 0 Å². The molecular formula is C16H26N4OS. The Morgan fingerprint density at radius 1 is 1.41 bits per heavy atom. The van der Waals surface area contributed by atoms with Crippen molar-refractivity contribution in [3.05, 3.63) is 11.8 Å². The molecule has 0 aliphatic carbocycles. The second-order valence-corrected chi connectivity index (χ2v) is 7.64. The zero-order valence-corrected chi connectivity index (χ0v) is 15.0. The van der Waals surface area contributed by atoms with E-state index in [1.807, 2.05) is 40.0 Å². The normalized spacial score (nSPS) is 19.1. The van der Waals surface area contributed by atoms with Crippen molar-refractivity contribution in [1.82, 2.24) is 15.3 Å². The second-order valence-electron chi connectivity index (χ2n) is 6.86. The Morgan fingerprint density at radius 2 is 2.14 bits per heavy atom. The fourth-order valence-corrected chi connectivity index (χ4v) is 2.90. The number of piperidine rings is 1. The molecule has 1 fully saturated rings. The third-order valence-electron chi connectivity index (χ3n) is 3.76. The summed E-state index contributed by atoms with van der Waals surface area (Å²) in [5, 5.41) is 3.97. The number of nitrogens with zero attached hydrogens (tertiary/aromatic N) is 3. The molecule has 1 aromatic rings. The van der Waals surface area contributed by atoms with Crippen LogP contribution in [-0.4, -0.2) is 41.3 Å². The summed E-state index contributed by atoms with van der Waals surface area (Å²) in [6.07, 6.45) is 4.08. The quantitative estimate of drug-likeness (QED) is 0.685. The van der Waals surface area contributed by atoms with Crippen LogP contribution < -0.4 is 10.2 Å². The Bertz CT molecular complexity index is 541. The Hall–Kier alpha value is -1.30. The van der Waals surface area contributed by atoms with Gasteiger partial charge in [-0.15, -0.1) is 0 Å². The highest BCUT2D eigenvalue weighted by Gasteiger charge is 2.27. The zero-order chi connectivity index (χ0) is 16.3. The molecule has 5 nitrogen and oxygen atoms in total. The zero-order valence-electron chi connectivity index (χ0n) is 14.1. The third-order valence-corrected chi connectivity index (χ3v) is 4.31. The van der Waals surface area contributed by atoms with E-state index >= 15 is 0 Å². The molecule has 6 heteroatoms. The van der Waals surface area contributed by atoms with Crippen LogP contribution >= 0.6 is 11.8 Å². The summed E-state index contributed by atoms with van der Waals surface area (Å²) >= 11 is 1.56. The molecule has 1 aliphatic heterocycles. The number of rotatable bonds is 3. The lowest BCUT2D eigenvalue weighted by molar-refractivity contribution is -0.129. The van der Waals surface area contributed by atoms with E-state index in [9.17, 15) is 4.79 Å². The predicted molar refractivity (Wildman–Crippen MR) is 91.4 cm³/mol. The van der Waals surface area contributed by atoms with Crippen molar-refractivity contribution in [3.8, 4) is 0 Å². The van der Waals surface area contributed by atoms with Gasteiger partial charge in [0, 0.05) is 36.3 Å². The molecule has 0 spiro atoms. The van der Waals surface area contributed by atoms with E-state index in [0.717, 1.165) is 42.6 Å². The third kappa shape index (κ3) is 4.35. The molecule has 1 atom stereocenters. The van der Waals surface area contributed by atoms with Gasteiger partial charge >= 0.3 is 0 Å². The minimum absolute atomic E-state index is 0.114. The maximum Gasteiger partial charge on any atom is 0.225 e. The van der Waals surface area contributed by atoms with Gasteiger partial charge in [-0.05, 0) is 26.0 Å².